The van der Waals surface area contributed by atoms with E-state index in [9.17, 15) is 0 Å². The van der Waals surface area contributed by atoms with Crippen molar-refractivity contribution in [2.45, 2.75) is 0 Å². The summed E-state index contributed by atoms with van der Waals surface area (Å²) in [7, 11) is 0. The van der Waals surface area contributed by atoms with Gasteiger partial charge in [0.15, 0.2) is 0 Å². The van der Waals surface area contributed by atoms with E-state index in [0.29, 0.717) is 0 Å². The van der Waals surface area contributed by atoms with Gasteiger partial charge in [-0.15, -0.1) is 11.3 Å². The topological polar surface area (TPSA) is 16.4 Å². The summed E-state index contributed by atoms with van der Waals surface area (Å²) in [6.45, 7) is 0. The fourth-order valence-corrected chi connectivity index (χ4v) is 8.56. The molecule has 0 bridgehead atoms. The van der Waals surface area contributed by atoms with Crippen molar-refractivity contribution in [3.63, 3.8) is 0 Å². The molecule has 10 rings (SSSR count). The molecule has 0 saturated carbocycles. The zero-order valence-corrected chi connectivity index (χ0v) is 26.2. The van der Waals surface area contributed by atoms with Gasteiger partial charge in [0.1, 0.15) is 11.2 Å². The van der Waals surface area contributed by atoms with Crippen LogP contribution >= 0.6 is 11.3 Å². The molecule has 0 aliphatic heterocycles. The van der Waals surface area contributed by atoms with Crippen LogP contribution in [0.3, 0.4) is 0 Å². The molecule has 0 radical (unpaired) electrons. The molecular formula is C44H27NOS. The molecule has 0 aliphatic carbocycles. The van der Waals surface area contributed by atoms with Gasteiger partial charge in [-0.05, 0) is 93.3 Å². The Bertz CT molecular complexity index is 2800. The smallest absolute Gasteiger partial charge is 0.137 e. The van der Waals surface area contributed by atoms with Gasteiger partial charge in [0.2, 0.25) is 0 Å². The van der Waals surface area contributed by atoms with Gasteiger partial charge in [-0.3, -0.25) is 0 Å². The number of rotatable bonds is 4. The van der Waals surface area contributed by atoms with Crippen LogP contribution in [0, 0.1) is 0 Å². The van der Waals surface area contributed by atoms with Crippen LogP contribution in [-0.4, -0.2) is 0 Å². The third kappa shape index (κ3) is 4.10. The van der Waals surface area contributed by atoms with E-state index in [2.05, 4.69) is 169 Å². The van der Waals surface area contributed by atoms with Crippen LogP contribution in [0.4, 0.5) is 17.1 Å². The highest BCUT2D eigenvalue weighted by Crippen LogP contribution is 2.48. The first-order chi connectivity index (χ1) is 23.3. The first-order valence-corrected chi connectivity index (χ1v) is 16.7. The van der Waals surface area contributed by atoms with E-state index in [4.69, 9.17) is 4.42 Å². The summed E-state index contributed by atoms with van der Waals surface area (Å²) in [5.41, 5.74) is 7.50. The Morgan fingerprint density at radius 2 is 1.15 bits per heavy atom. The largest absolute Gasteiger partial charge is 0.456 e. The molecular weight excluding hydrogens is 591 g/mol. The number of hydrogen-bond acceptors (Lipinski definition) is 3. The Balaban J connectivity index is 1.25. The Kier molecular flexibility index (Phi) is 5.78. The Morgan fingerprint density at radius 3 is 2.04 bits per heavy atom. The van der Waals surface area contributed by atoms with E-state index in [0.717, 1.165) is 33.6 Å². The SMILES string of the molecule is c1ccc(N(c2cccc(-c3cccc4ccccc34)c2)c2cccc3oc4ccc5c6cc7ccccc7cc6sc5c4c23)cc1. The molecule has 0 saturated heterocycles. The van der Waals surface area contributed by atoms with Crippen LogP contribution in [0.15, 0.2) is 168 Å². The van der Waals surface area contributed by atoms with E-state index in [1.54, 1.807) is 0 Å². The minimum absolute atomic E-state index is 0.888. The van der Waals surface area contributed by atoms with E-state index in [1.165, 1.54) is 58.2 Å². The third-order valence-electron chi connectivity index (χ3n) is 9.40. The van der Waals surface area contributed by atoms with Crippen LogP contribution in [-0.2, 0) is 0 Å². The maximum atomic E-state index is 6.62. The van der Waals surface area contributed by atoms with Crippen molar-refractivity contribution in [3.05, 3.63) is 164 Å². The standard InChI is InChI=1S/C44H27NOS/c1-2-16-32(17-3-1)45(33-18-8-15-31(25-33)35-20-9-14-28-11-6-7-19-34(28)35)38-21-10-22-39-42(38)43-40(46-39)24-23-36-37-26-29-12-4-5-13-30(29)27-41(37)47-44(36)43/h1-27H. The number of hydrogen-bond donors (Lipinski definition) is 0. The summed E-state index contributed by atoms with van der Waals surface area (Å²) in [6, 6.07) is 58.9. The maximum absolute atomic E-state index is 6.62. The summed E-state index contributed by atoms with van der Waals surface area (Å²) in [5, 5.41) is 9.88. The van der Waals surface area contributed by atoms with Crippen LogP contribution in [0.25, 0.3) is 74.8 Å². The fraction of sp³-hybridized carbons (Fsp3) is 0. The Morgan fingerprint density at radius 1 is 0.447 bits per heavy atom. The molecule has 0 aliphatic rings. The number of anilines is 3. The highest BCUT2D eigenvalue weighted by molar-refractivity contribution is 7.26. The highest BCUT2D eigenvalue weighted by atomic mass is 32.1. The second-order valence-corrected chi connectivity index (χ2v) is 13.2. The lowest BCUT2D eigenvalue weighted by Gasteiger charge is -2.26. The minimum atomic E-state index is 0.888. The second-order valence-electron chi connectivity index (χ2n) is 12.1. The number of thiophene rings is 1. The highest BCUT2D eigenvalue weighted by Gasteiger charge is 2.22. The first kappa shape index (κ1) is 26.3. The van der Waals surface area contributed by atoms with E-state index < -0.39 is 0 Å². The van der Waals surface area contributed by atoms with Crippen molar-refractivity contribution < 1.29 is 4.42 Å². The van der Waals surface area contributed by atoms with Gasteiger partial charge in [0.05, 0.1) is 11.1 Å². The molecule has 0 atom stereocenters. The molecule has 2 nitrogen and oxygen atoms in total. The maximum Gasteiger partial charge on any atom is 0.137 e. The van der Waals surface area contributed by atoms with Gasteiger partial charge >= 0.3 is 0 Å². The number of para-hydroxylation sites is 1. The molecule has 0 N–H and O–H groups in total. The minimum Gasteiger partial charge on any atom is -0.456 e. The molecule has 47 heavy (non-hydrogen) atoms. The number of furan rings is 1. The lowest BCUT2D eigenvalue weighted by Crippen LogP contribution is -2.10. The van der Waals surface area contributed by atoms with Crippen molar-refractivity contribution in [2.24, 2.45) is 0 Å². The van der Waals surface area contributed by atoms with Crippen LogP contribution in [0.5, 0.6) is 0 Å². The molecule has 0 fully saturated rings. The van der Waals surface area contributed by atoms with Crippen molar-refractivity contribution in [3.8, 4) is 11.1 Å². The third-order valence-corrected chi connectivity index (χ3v) is 10.6. The molecule has 0 spiro atoms. The Labute approximate surface area is 275 Å². The average Bonchev–Trinajstić information content (AvgIpc) is 3.69. The van der Waals surface area contributed by atoms with Gasteiger partial charge in [-0.1, -0.05) is 103 Å². The molecule has 220 valence electrons. The number of nitrogens with zero attached hydrogens (tertiary/aromatic N) is 1. The fourth-order valence-electron chi connectivity index (χ4n) is 7.28. The first-order valence-electron chi connectivity index (χ1n) is 15.9. The molecule has 3 heteroatoms. The summed E-state index contributed by atoms with van der Waals surface area (Å²) < 4.78 is 9.17. The summed E-state index contributed by atoms with van der Waals surface area (Å²) in [4.78, 5) is 2.38. The second kappa shape index (κ2) is 10.3. The van der Waals surface area contributed by atoms with E-state index >= 15 is 0 Å². The molecule has 2 heterocycles. The van der Waals surface area contributed by atoms with Crippen molar-refractivity contribution >= 4 is 92.1 Å². The predicted molar refractivity (Wildman–Crippen MR) is 202 cm³/mol. The zero-order valence-electron chi connectivity index (χ0n) is 25.4. The molecule has 10 aromatic rings. The predicted octanol–water partition coefficient (Wildman–Crippen LogP) is 13.4. The van der Waals surface area contributed by atoms with Gasteiger partial charge < -0.3 is 9.32 Å². The normalized spacial score (nSPS) is 11.8. The molecule has 0 unspecified atom stereocenters. The summed E-state index contributed by atoms with van der Waals surface area (Å²) >= 11 is 1.86. The zero-order chi connectivity index (χ0) is 30.9. The average molecular weight is 618 g/mol. The van der Waals surface area contributed by atoms with Gasteiger partial charge in [-0.25, -0.2) is 0 Å². The summed E-state index contributed by atoms with van der Waals surface area (Å²) in [6.07, 6.45) is 0. The van der Waals surface area contributed by atoms with Crippen LogP contribution in [0.1, 0.15) is 0 Å². The summed E-state index contributed by atoms with van der Waals surface area (Å²) in [5.74, 6) is 0. The number of fused-ring (bicyclic) bond motifs is 9. The van der Waals surface area contributed by atoms with Crippen molar-refractivity contribution in [1.29, 1.82) is 0 Å². The van der Waals surface area contributed by atoms with E-state index in [1.807, 2.05) is 11.3 Å². The van der Waals surface area contributed by atoms with Gasteiger partial charge in [-0.2, -0.15) is 0 Å². The van der Waals surface area contributed by atoms with Gasteiger partial charge in [0.25, 0.3) is 0 Å². The van der Waals surface area contributed by atoms with Crippen molar-refractivity contribution in [1.82, 2.24) is 0 Å². The molecule has 2 aromatic heterocycles. The molecule has 0 amide bonds. The van der Waals surface area contributed by atoms with Crippen molar-refractivity contribution in [2.75, 3.05) is 4.90 Å². The number of benzene rings is 8. The quantitative estimate of drug-likeness (QED) is 0.195. The van der Waals surface area contributed by atoms with Crippen LogP contribution < -0.4 is 4.90 Å². The lowest BCUT2D eigenvalue weighted by molar-refractivity contribution is 0.669. The molecule has 8 aromatic carbocycles. The lowest BCUT2D eigenvalue weighted by atomic mass is 9.97. The Hall–Kier alpha value is -5.90. The van der Waals surface area contributed by atoms with E-state index in [-0.39, 0.29) is 0 Å². The monoisotopic (exact) mass is 617 g/mol. The van der Waals surface area contributed by atoms with Gasteiger partial charge in [0, 0.05) is 36.9 Å². The van der Waals surface area contributed by atoms with Crippen LogP contribution in [0.2, 0.25) is 0 Å².